The van der Waals surface area contributed by atoms with Crippen molar-refractivity contribution >= 4 is 32.7 Å². The fourth-order valence-electron chi connectivity index (χ4n) is 4.48. The third-order valence-corrected chi connectivity index (χ3v) is 8.36. The molecule has 4 aromatic rings. The standard InChI is InChI=1S/C27H28N4O3S/c1-18(2)19-10-12-21(13-11-19)28-27(32)25-9-6-16-31(25)35(33,34)22-14-15-23-24(17-22)30-26(29-23)20-7-4-3-5-8-20/h3-5,7-8,10-15,17-18,25H,6,9,16H2,1-2H3,(H,28,32)(H,29,30)/t25-/m1/s1. The van der Waals surface area contributed by atoms with E-state index in [1.165, 1.54) is 9.87 Å². The van der Waals surface area contributed by atoms with Crippen molar-refractivity contribution in [2.45, 2.75) is 43.5 Å². The second kappa shape index (κ2) is 9.28. The van der Waals surface area contributed by atoms with E-state index in [9.17, 15) is 13.2 Å². The van der Waals surface area contributed by atoms with E-state index in [1.54, 1.807) is 18.2 Å². The van der Waals surface area contributed by atoms with Gasteiger partial charge in [0.2, 0.25) is 15.9 Å². The second-order valence-electron chi connectivity index (χ2n) is 9.17. The first-order valence-corrected chi connectivity index (χ1v) is 13.2. The summed E-state index contributed by atoms with van der Waals surface area (Å²) in [4.78, 5) is 21.0. The Morgan fingerprint density at radius 3 is 2.51 bits per heavy atom. The molecule has 0 saturated carbocycles. The van der Waals surface area contributed by atoms with E-state index in [0.717, 1.165) is 5.56 Å². The lowest BCUT2D eigenvalue weighted by Gasteiger charge is -2.23. The zero-order valence-corrected chi connectivity index (χ0v) is 20.5. The number of sulfonamides is 1. The maximum absolute atomic E-state index is 13.6. The van der Waals surface area contributed by atoms with Crippen LogP contribution in [0.5, 0.6) is 0 Å². The number of H-pyrrole nitrogens is 1. The van der Waals surface area contributed by atoms with Crippen molar-refractivity contribution in [1.82, 2.24) is 14.3 Å². The van der Waals surface area contributed by atoms with Gasteiger partial charge in [-0.1, -0.05) is 56.3 Å². The molecule has 1 saturated heterocycles. The van der Waals surface area contributed by atoms with Crippen LogP contribution in [-0.2, 0) is 14.8 Å². The topological polar surface area (TPSA) is 95.2 Å². The molecule has 0 unspecified atom stereocenters. The number of nitrogens with one attached hydrogen (secondary N) is 2. The highest BCUT2D eigenvalue weighted by Gasteiger charge is 2.39. The Balaban J connectivity index is 1.38. The smallest absolute Gasteiger partial charge is 0.243 e. The van der Waals surface area contributed by atoms with Crippen molar-refractivity contribution in [3.63, 3.8) is 0 Å². The number of carbonyl (C=O) groups excluding carboxylic acids is 1. The number of carbonyl (C=O) groups is 1. The minimum Gasteiger partial charge on any atom is -0.338 e. The van der Waals surface area contributed by atoms with Gasteiger partial charge in [-0.05, 0) is 54.7 Å². The summed E-state index contributed by atoms with van der Waals surface area (Å²) in [5.41, 5.74) is 4.08. The van der Waals surface area contributed by atoms with E-state index < -0.39 is 16.1 Å². The number of nitrogens with zero attached hydrogens (tertiary/aromatic N) is 2. The zero-order valence-electron chi connectivity index (χ0n) is 19.7. The SMILES string of the molecule is CC(C)c1ccc(NC(=O)[C@H]2CCCN2S(=O)(=O)c2ccc3nc(-c4ccccc4)[nH]c3c2)cc1. The Morgan fingerprint density at radius 2 is 1.80 bits per heavy atom. The van der Waals surface area contributed by atoms with Crippen LogP contribution in [0.3, 0.4) is 0 Å². The van der Waals surface area contributed by atoms with Gasteiger partial charge < -0.3 is 10.3 Å². The molecule has 1 fully saturated rings. The third kappa shape index (κ3) is 4.59. The Labute approximate surface area is 205 Å². The van der Waals surface area contributed by atoms with Crippen LogP contribution in [0.1, 0.15) is 38.2 Å². The number of aromatic amines is 1. The lowest BCUT2D eigenvalue weighted by atomic mass is 10.0. The maximum Gasteiger partial charge on any atom is 0.243 e. The molecule has 0 bridgehead atoms. The highest BCUT2D eigenvalue weighted by atomic mass is 32.2. The summed E-state index contributed by atoms with van der Waals surface area (Å²) in [5.74, 6) is 0.764. The minimum atomic E-state index is -3.87. The Kier molecular flexibility index (Phi) is 6.17. The number of fused-ring (bicyclic) bond motifs is 1. The van der Waals surface area contributed by atoms with Gasteiger partial charge in [-0.2, -0.15) is 4.31 Å². The lowest BCUT2D eigenvalue weighted by molar-refractivity contribution is -0.119. The van der Waals surface area contributed by atoms with Crippen LogP contribution in [0, 0.1) is 0 Å². The van der Waals surface area contributed by atoms with Crippen LogP contribution < -0.4 is 5.32 Å². The fourth-order valence-corrected chi connectivity index (χ4v) is 6.17. The molecule has 0 spiro atoms. The number of rotatable bonds is 6. The van der Waals surface area contributed by atoms with Crippen molar-refractivity contribution in [2.24, 2.45) is 0 Å². The predicted molar refractivity (Wildman–Crippen MR) is 138 cm³/mol. The van der Waals surface area contributed by atoms with Crippen molar-refractivity contribution in [1.29, 1.82) is 0 Å². The van der Waals surface area contributed by atoms with Crippen LogP contribution in [-0.4, -0.2) is 41.2 Å². The van der Waals surface area contributed by atoms with Crippen molar-refractivity contribution in [2.75, 3.05) is 11.9 Å². The lowest BCUT2D eigenvalue weighted by Crippen LogP contribution is -2.43. The van der Waals surface area contributed by atoms with Gasteiger partial charge >= 0.3 is 0 Å². The number of anilines is 1. The number of hydrogen-bond donors (Lipinski definition) is 2. The third-order valence-electron chi connectivity index (χ3n) is 6.46. The summed E-state index contributed by atoms with van der Waals surface area (Å²) >= 11 is 0. The Morgan fingerprint density at radius 1 is 1.06 bits per heavy atom. The van der Waals surface area contributed by atoms with Gasteiger partial charge in [-0.25, -0.2) is 13.4 Å². The molecular formula is C27H28N4O3S. The summed E-state index contributed by atoms with van der Waals surface area (Å²) in [6, 6.07) is 21.5. The van der Waals surface area contributed by atoms with Gasteiger partial charge in [0.05, 0.1) is 15.9 Å². The van der Waals surface area contributed by atoms with Gasteiger partial charge in [-0.15, -0.1) is 0 Å². The molecular weight excluding hydrogens is 460 g/mol. The van der Waals surface area contributed by atoms with Crippen molar-refractivity contribution in [3.05, 3.63) is 78.4 Å². The Bertz CT molecular complexity index is 1460. The minimum absolute atomic E-state index is 0.147. The molecule has 1 amide bonds. The highest BCUT2D eigenvalue weighted by molar-refractivity contribution is 7.89. The molecule has 5 rings (SSSR count). The first-order chi connectivity index (χ1) is 16.8. The number of hydrogen-bond acceptors (Lipinski definition) is 4. The average Bonchev–Trinajstić information content (AvgIpc) is 3.52. The summed E-state index contributed by atoms with van der Waals surface area (Å²) in [6.45, 7) is 4.53. The number of imidazole rings is 1. The van der Waals surface area contributed by atoms with E-state index in [-0.39, 0.29) is 10.8 Å². The van der Waals surface area contributed by atoms with E-state index >= 15 is 0 Å². The van der Waals surface area contributed by atoms with Gasteiger partial charge in [0.25, 0.3) is 0 Å². The van der Waals surface area contributed by atoms with Crippen LogP contribution in [0.25, 0.3) is 22.4 Å². The normalized spacial score (nSPS) is 16.7. The summed E-state index contributed by atoms with van der Waals surface area (Å²) in [5, 5.41) is 2.89. The molecule has 3 aromatic carbocycles. The van der Waals surface area contributed by atoms with Gasteiger partial charge in [-0.3, -0.25) is 4.79 Å². The summed E-state index contributed by atoms with van der Waals surface area (Å²) in [6.07, 6.45) is 1.12. The Hall–Kier alpha value is -3.49. The first kappa shape index (κ1) is 23.3. The van der Waals surface area contributed by atoms with Crippen LogP contribution in [0.2, 0.25) is 0 Å². The molecule has 2 N–H and O–H groups in total. The summed E-state index contributed by atoms with van der Waals surface area (Å²) in [7, 11) is -3.87. The molecule has 35 heavy (non-hydrogen) atoms. The highest BCUT2D eigenvalue weighted by Crippen LogP contribution is 2.29. The van der Waals surface area contributed by atoms with Gasteiger partial charge in [0.1, 0.15) is 11.9 Å². The van der Waals surface area contributed by atoms with Crippen molar-refractivity contribution < 1.29 is 13.2 Å². The quantitative estimate of drug-likeness (QED) is 0.393. The molecule has 180 valence electrons. The van der Waals surface area contributed by atoms with Crippen LogP contribution >= 0.6 is 0 Å². The fraction of sp³-hybridized carbons (Fsp3) is 0.259. The molecule has 7 nitrogen and oxygen atoms in total. The molecule has 0 radical (unpaired) electrons. The first-order valence-electron chi connectivity index (χ1n) is 11.8. The second-order valence-corrected chi connectivity index (χ2v) is 11.1. The van der Waals surface area contributed by atoms with Crippen LogP contribution in [0.4, 0.5) is 5.69 Å². The van der Waals surface area contributed by atoms with Crippen molar-refractivity contribution in [3.8, 4) is 11.4 Å². The molecule has 8 heteroatoms. The monoisotopic (exact) mass is 488 g/mol. The predicted octanol–water partition coefficient (Wildman–Crippen LogP) is 5.15. The van der Waals surface area contributed by atoms with E-state index in [2.05, 4.69) is 29.1 Å². The van der Waals surface area contributed by atoms with Crippen LogP contribution in [0.15, 0.2) is 77.7 Å². The number of amides is 1. The molecule has 1 aliphatic heterocycles. The molecule has 1 aliphatic rings. The van der Waals surface area contributed by atoms with E-state index in [0.29, 0.717) is 47.8 Å². The van der Waals surface area contributed by atoms with E-state index in [1.807, 2.05) is 54.6 Å². The molecule has 2 heterocycles. The number of aromatic nitrogens is 2. The average molecular weight is 489 g/mol. The zero-order chi connectivity index (χ0) is 24.6. The van der Waals surface area contributed by atoms with Gasteiger partial charge in [0.15, 0.2) is 0 Å². The molecule has 1 aromatic heterocycles. The molecule has 0 aliphatic carbocycles. The summed E-state index contributed by atoms with van der Waals surface area (Å²) < 4.78 is 28.4. The van der Waals surface area contributed by atoms with E-state index in [4.69, 9.17) is 0 Å². The van der Waals surface area contributed by atoms with Gasteiger partial charge in [0, 0.05) is 17.8 Å². The maximum atomic E-state index is 13.6. The largest absolute Gasteiger partial charge is 0.338 e. The number of benzene rings is 3. The molecule has 1 atom stereocenters.